The summed E-state index contributed by atoms with van der Waals surface area (Å²) in [4.78, 5) is 17.0. The normalized spacial score (nSPS) is 11.2. The zero-order valence-corrected chi connectivity index (χ0v) is 17.2. The molecule has 3 aromatic rings. The molecule has 0 aliphatic heterocycles. The zero-order valence-electron chi connectivity index (χ0n) is 17.2. The van der Waals surface area contributed by atoms with E-state index in [1.54, 1.807) is 18.4 Å². The second kappa shape index (κ2) is 11.5. The van der Waals surface area contributed by atoms with Crippen molar-refractivity contribution < 1.29 is 9.21 Å². The standard InChI is InChI=1S/C24H28N4O2/c1-2-25-24(26-14-13-19-8-4-3-5-9-19)28-17-20-10-6-11-21(16-20)23(29)27-18-22-12-7-15-30-22/h3-12,15-16H,2,13-14,17-18H2,1H3,(H,27,29)(H2,25,26,28). The molecule has 0 bridgehead atoms. The fourth-order valence-corrected chi connectivity index (χ4v) is 2.98. The molecular formula is C24H28N4O2. The monoisotopic (exact) mass is 404 g/mol. The lowest BCUT2D eigenvalue weighted by atomic mass is 10.1. The largest absolute Gasteiger partial charge is 0.467 e. The molecule has 0 saturated carbocycles. The molecule has 0 spiro atoms. The maximum Gasteiger partial charge on any atom is 0.251 e. The Hall–Kier alpha value is -3.54. The number of furan rings is 1. The van der Waals surface area contributed by atoms with E-state index in [9.17, 15) is 4.79 Å². The summed E-state index contributed by atoms with van der Waals surface area (Å²) in [5.74, 6) is 1.35. The maximum absolute atomic E-state index is 12.4. The van der Waals surface area contributed by atoms with Crippen LogP contribution in [-0.4, -0.2) is 25.0 Å². The van der Waals surface area contributed by atoms with Gasteiger partial charge in [0.1, 0.15) is 5.76 Å². The number of nitrogens with zero attached hydrogens (tertiary/aromatic N) is 1. The lowest BCUT2D eigenvalue weighted by Gasteiger charge is -2.11. The molecule has 0 aliphatic carbocycles. The Balaban J connectivity index is 1.54. The molecule has 0 fully saturated rings. The molecule has 0 unspecified atom stereocenters. The minimum absolute atomic E-state index is 0.134. The lowest BCUT2D eigenvalue weighted by molar-refractivity contribution is 0.0948. The second-order valence-corrected chi connectivity index (χ2v) is 6.82. The fourth-order valence-electron chi connectivity index (χ4n) is 2.98. The Morgan fingerprint density at radius 2 is 1.77 bits per heavy atom. The summed E-state index contributed by atoms with van der Waals surface area (Å²) >= 11 is 0. The number of rotatable bonds is 9. The second-order valence-electron chi connectivity index (χ2n) is 6.82. The van der Waals surface area contributed by atoms with Gasteiger partial charge in [-0.15, -0.1) is 0 Å². The van der Waals surface area contributed by atoms with E-state index in [4.69, 9.17) is 4.42 Å². The van der Waals surface area contributed by atoms with Crippen LogP contribution < -0.4 is 16.0 Å². The van der Waals surface area contributed by atoms with Crippen molar-refractivity contribution in [1.82, 2.24) is 16.0 Å². The van der Waals surface area contributed by atoms with Crippen molar-refractivity contribution in [3.8, 4) is 0 Å². The summed E-state index contributed by atoms with van der Waals surface area (Å²) in [6.45, 7) is 4.47. The van der Waals surface area contributed by atoms with Crippen molar-refractivity contribution in [3.63, 3.8) is 0 Å². The molecule has 6 nitrogen and oxygen atoms in total. The highest BCUT2D eigenvalue weighted by Crippen LogP contribution is 2.08. The van der Waals surface area contributed by atoms with Crippen molar-refractivity contribution >= 4 is 11.9 Å². The minimum atomic E-state index is -0.134. The average molecular weight is 405 g/mol. The van der Waals surface area contributed by atoms with Gasteiger partial charge >= 0.3 is 0 Å². The first-order chi connectivity index (χ1) is 14.7. The first kappa shape index (κ1) is 21.2. The average Bonchev–Trinajstić information content (AvgIpc) is 3.30. The quantitative estimate of drug-likeness (QED) is 0.377. The van der Waals surface area contributed by atoms with Crippen LogP contribution in [0.25, 0.3) is 0 Å². The number of nitrogens with one attached hydrogen (secondary N) is 3. The smallest absolute Gasteiger partial charge is 0.251 e. The van der Waals surface area contributed by atoms with Crippen LogP contribution in [0.4, 0.5) is 0 Å². The van der Waals surface area contributed by atoms with Gasteiger partial charge in [0.2, 0.25) is 0 Å². The third-order valence-electron chi connectivity index (χ3n) is 4.51. The molecule has 0 aliphatic rings. The molecule has 156 valence electrons. The van der Waals surface area contributed by atoms with E-state index in [-0.39, 0.29) is 5.91 Å². The summed E-state index contributed by atoms with van der Waals surface area (Å²) in [7, 11) is 0. The first-order valence-electron chi connectivity index (χ1n) is 10.2. The van der Waals surface area contributed by atoms with Gasteiger partial charge in [0.15, 0.2) is 5.96 Å². The Kier molecular flexibility index (Phi) is 8.09. The van der Waals surface area contributed by atoms with E-state index in [2.05, 4.69) is 33.1 Å². The van der Waals surface area contributed by atoms with Crippen LogP contribution in [0, 0.1) is 0 Å². The van der Waals surface area contributed by atoms with Crippen molar-refractivity contribution in [3.05, 3.63) is 95.4 Å². The Morgan fingerprint density at radius 3 is 2.53 bits per heavy atom. The summed E-state index contributed by atoms with van der Waals surface area (Å²) in [5, 5.41) is 9.49. The highest BCUT2D eigenvalue weighted by Gasteiger charge is 2.07. The predicted molar refractivity (Wildman–Crippen MR) is 119 cm³/mol. The van der Waals surface area contributed by atoms with E-state index in [0.717, 1.165) is 36.8 Å². The molecule has 1 aromatic heterocycles. The van der Waals surface area contributed by atoms with Gasteiger partial charge in [-0.1, -0.05) is 42.5 Å². The number of carbonyl (C=O) groups is 1. The van der Waals surface area contributed by atoms with E-state index < -0.39 is 0 Å². The van der Waals surface area contributed by atoms with Gasteiger partial charge < -0.3 is 20.4 Å². The maximum atomic E-state index is 12.4. The number of aliphatic imine (C=N–C) groups is 1. The molecular weight excluding hydrogens is 376 g/mol. The number of carbonyl (C=O) groups excluding carboxylic acids is 1. The fraction of sp³-hybridized carbons (Fsp3) is 0.250. The van der Waals surface area contributed by atoms with Gasteiger partial charge in [-0.25, -0.2) is 4.99 Å². The van der Waals surface area contributed by atoms with Crippen LogP contribution in [0.1, 0.15) is 34.2 Å². The van der Waals surface area contributed by atoms with Gasteiger partial charge in [-0.3, -0.25) is 4.79 Å². The molecule has 1 heterocycles. The van der Waals surface area contributed by atoms with Gasteiger partial charge in [0.25, 0.3) is 5.91 Å². The van der Waals surface area contributed by atoms with Gasteiger partial charge in [-0.05, 0) is 48.7 Å². The van der Waals surface area contributed by atoms with E-state index >= 15 is 0 Å². The van der Waals surface area contributed by atoms with Crippen molar-refractivity contribution in [1.29, 1.82) is 0 Å². The van der Waals surface area contributed by atoms with Gasteiger partial charge in [-0.2, -0.15) is 0 Å². The zero-order chi connectivity index (χ0) is 21.0. The Labute approximate surface area is 177 Å². The molecule has 6 heteroatoms. The lowest BCUT2D eigenvalue weighted by Crippen LogP contribution is -2.38. The van der Waals surface area contributed by atoms with Crippen molar-refractivity contribution in [2.75, 3.05) is 13.1 Å². The van der Waals surface area contributed by atoms with E-state index in [0.29, 0.717) is 18.7 Å². The molecule has 0 saturated heterocycles. The van der Waals surface area contributed by atoms with Crippen LogP contribution in [0.2, 0.25) is 0 Å². The predicted octanol–water partition coefficient (Wildman–Crippen LogP) is 3.51. The van der Waals surface area contributed by atoms with Crippen LogP contribution in [0.5, 0.6) is 0 Å². The number of benzene rings is 2. The number of amides is 1. The molecule has 0 radical (unpaired) electrons. The summed E-state index contributed by atoms with van der Waals surface area (Å²) < 4.78 is 5.25. The number of guanidine groups is 1. The SMILES string of the molecule is CCNC(=NCc1cccc(C(=O)NCc2ccco2)c1)NCCc1ccccc1. The Morgan fingerprint density at radius 1 is 0.933 bits per heavy atom. The van der Waals surface area contributed by atoms with Crippen LogP contribution in [0.3, 0.4) is 0 Å². The molecule has 0 atom stereocenters. The molecule has 3 rings (SSSR count). The summed E-state index contributed by atoms with van der Waals surface area (Å²) in [6.07, 6.45) is 2.52. The molecule has 1 amide bonds. The third kappa shape index (κ3) is 6.81. The number of hydrogen-bond acceptors (Lipinski definition) is 3. The molecule has 3 N–H and O–H groups in total. The highest BCUT2D eigenvalue weighted by atomic mass is 16.3. The van der Waals surface area contributed by atoms with Crippen LogP contribution in [0.15, 0.2) is 82.4 Å². The van der Waals surface area contributed by atoms with E-state index in [1.165, 1.54) is 5.56 Å². The Bertz CT molecular complexity index is 937. The number of hydrogen-bond donors (Lipinski definition) is 3. The topological polar surface area (TPSA) is 78.7 Å². The van der Waals surface area contributed by atoms with Gasteiger partial charge in [0.05, 0.1) is 19.4 Å². The molecule has 2 aromatic carbocycles. The first-order valence-corrected chi connectivity index (χ1v) is 10.2. The van der Waals surface area contributed by atoms with Crippen molar-refractivity contribution in [2.24, 2.45) is 4.99 Å². The van der Waals surface area contributed by atoms with Crippen LogP contribution >= 0.6 is 0 Å². The summed E-state index contributed by atoms with van der Waals surface area (Å²) in [5.41, 5.74) is 2.87. The van der Waals surface area contributed by atoms with Crippen LogP contribution in [-0.2, 0) is 19.5 Å². The molecule has 30 heavy (non-hydrogen) atoms. The van der Waals surface area contributed by atoms with E-state index in [1.807, 2.05) is 49.4 Å². The third-order valence-corrected chi connectivity index (χ3v) is 4.51. The summed E-state index contributed by atoms with van der Waals surface area (Å²) in [6, 6.07) is 21.5. The highest BCUT2D eigenvalue weighted by molar-refractivity contribution is 5.94. The van der Waals surface area contributed by atoms with Crippen molar-refractivity contribution in [2.45, 2.75) is 26.4 Å². The minimum Gasteiger partial charge on any atom is -0.467 e. The van der Waals surface area contributed by atoms with Gasteiger partial charge in [0, 0.05) is 18.7 Å².